The number of nitrogens with zero attached hydrogens (tertiary/aromatic N) is 2. The van der Waals surface area contributed by atoms with Crippen LogP contribution in [0.3, 0.4) is 0 Å². The molecule has 0 aliphatic heterocycles. The van der Waals surface area contributed by atoms with Crippen molar-refractivity contribution in [2.24, 2.45) is 0 Å². The van der Waals surface area contributed by atoms with Gasteiger partial charge in [0.15, 0.2) is 0 Å². The molecule has 2 aromatic heterocycles. The molecule has 2 aromatic carbocycles. The fourth-order valence-electron chi connectivity index (χ4n) is 2.46. The van der Waals surface area contributed by atoms with E-state index in [2.05, 4.69) is 15.0 Å². The van der Waals surface area contributed by atoms with Gasteiger partial charge in [0.25, 0.3) is 5.56 Å². The smallest absolute Gasteiger partial charge is 0.259 e. The second-order valence-corrected chi connectivity index (χ2v) is 5.91. The summed E-state index contributed by atoms with van der Waals surface area (Å²) in [4.78, 5) is 23.9. The molecular weight excluding hydrogens is 322 g/mol. The van der Waals surface area contributed by atoms with Crippen molar-refractivity contribution in [3.05, 3.63) is 75.5 Å². The van der Waals surface area contributed by atoms with Crippen LogP contribution in [-0.2, 0) is 6.61 Å². The van der Waals surface area contributed by atoms with Crippen molar-refractivity contribution < 1.29 is 4.74 Å². The summed E-state index contributed by atoms with van der Waals surface area (Å²) in [5.74, 6) is 1.15. The molecule has 4 rings (SSSR count). The third kappa shape index (κ3) is 2.79. The van der Waals surface area contributed by atoms with E-state index in [0.717, 1.165) is 11.3 Å². The third-order valence-electron chi connectivity index (χ3n) is 3.61. The Morgan fingerprint density at radius 1 is 1.08 bits per heavy atom. The van der Waals surface area contributed by atoms with Crippen molar-refractivity contribution in [1.82, 2.24) is 15.0 Å². The topological polar surface area (TPSA) is 67.9 Å². The van der Waals surface area contributed by atoms with Crippen LogP contribution in [0.1, 0.15) is 5.69 Å². The normalized spacial score (nSPS) is 10.8. The average Bonchev–Trinajstić information content (AvgIpc) is 3.14. The summed E-state index contributed by atoms with van der Waals surface area (Å²) in [6, 6.07) is 14.8. The van der Waals surface area contributed by atoms with Crippen molar-refractivity contribution in [3.8, 4) is 17.1 Å². The quantitative estimate of drug-likeness (QED) is 0.618. The Labute approximate surface area is 141 Å². The number of benzene rings is 2. The molecule has 0 spiro atoms. The van der Waals surface area contributed by atoms with Crippen LogP contribution in [0, 0.1) is 0 Å². The van der Waals surface area contributed by atoms with Gasteiger partial charge in [0.05, 0.1) is 27.7 Å². The molecule has 0 aliphatic rings. The Bertz CT molecular complexity index is 1040. The van der Waals surface area contributed by atoms with E-state index < -0.39 is 0 Å². The molecule has 0 amide bonds. The molecule has 0 saturated heterocycles. The number of aromatic amines is 1. The highest BCUT2D eigenvalue weighted by molar-refractivity contribution is 7.07. The van der Waals surface area contributed by atoms with Gasteiger partial charge in [-0.2, -0.15) is 0 Å². The van der Waals surface area contributed by atoms with Gasteiger partial charge in [-0.05, 0) is 24.3 Å². The van der Waals surface area contributed by atoms with E-state index in [9.17, 15) is 4.79 Å². The molecule has 4 aromatic rings. The minimum absolute atomic E-state index is 0.162. The number of para-hydroxylation sites is 2. The average molecular weight is 335 g/mol. The standard InChI is InChI=1S/C18H13N3O2S/c22-18-13-5-1-3-7-15(13)20-17(21-18)14-6-2-4-8-16(14)23-9-12-10-24-11-19-12/h1-8,10-11H,9H2,(H,20,21,22). The lowest BCUT2D eigenvalue weighted by Gasteiger charge is -2.10. The van der Waals surface area contributed by atoms with Crippen LogP contribution in [0.2, 0.25) is 0 Å². The number of aromatic nitrogens is 3. The van der Waals surface area contributed by atoms with Crippen molar-refractivity contribution in [1.29, 1.82) is 0 Å². The first-order chi connectivity index (χ1) is 11.8. The highest BCUT2D eigenvalue weighted by atomic mass is 32.1. The lowest BCUT2D eigenvalue weighted by Crippen LogP contribution is -2.10. The number of ether oxygens (including phenoxy) is 1. The zero-order valence-corrected chi connectivity index (χ0v) is 13.4. The maximum Gasteiger partial charge on any atom is 0.259 e. The van der Waals surface area contributed by atoms with Crippen molar-refractivity contribution >= 4 is 22.2 Å². The number of H-pyrrole nitrogens is 1. The van der Waals surface area contributed by atoms with Crippen LogP contribution in [0.25, 0.3) is 22.3 Å². The first-order valence-corrected chi connectivity index (χ1v) is 8.34. The molecular formula is C18H13N3O2S. The molecule has 2 heterocycles. The van der Waals surface area contributed by atoms with E-state index in [1.807, 2.05) is 47.8 Å². The van der Waals surface area contributed by atoms with Crippen molar-refractivity contribution in [2.75, 3.05) is 0 Å². The van der Waals surface area contributed by atoms with Crippen molar-refractivity contribution in [2.45, 2.75) is 6.61 Å². The number of thiazole rings is 1. The molecule has 0 radical (unpaired) electrons. The number of rotatable bonds is 4. The number of fused-ring (bicyclic) bond motifs is 1. The van der Waals surface area contributed by atoms with Gasteiger partial charge in [0.1, 0.15) is 18.2 Å². The zero-order chi connectivity index (χ0) is 16.4. The fraction of sp³-hybridized carbons (Fsp3) is 0.0556. The number of hydrogen-bond donors (Lipinski definition) is 1. The maximum absolute atomic E-state index is 12.3. The predicted octanol–water partition coefficient (Wildman–Crippen LogP) is 3.63. The Kier molecular flexibility index (Phi) is 3.80. The lowest BCUT2D eigenvalue weighted by atomic mass is 10.1. The highest BCUT2D eigenvalue weighted by Gasteiger charge is 2.11. The van der Waals surface area contributed by atoms with E-state index in [0.29, 0.717) is 29.1 Å². The van der Waals surface area contributed by atoms with E-state index in [4.69, 9.17) is 4.74 Å². The van der Waals surface area contributed by atoms with Crippen LogP contribution in [0.15, 0.2) is 64.2 Å². The van der Waals surface area contributed by atoms with Crippen LogP contribution in [0.5, 0.6) is 5.75 Å². The number of hydrogen-bond acceptors (Lipinski definition) is 5. The Morgan fingerprint density at radius 2 is 1.92 bits per heavy atom. The summed E-state index contributed by atoms with van der Waals surface area (Å²) < 4.78 is 5.87. The molecule has 118 valence electrons. The van der Waals surface area contributed by atoms with Crippen LogP contribution in [-0.4, -0.2) is 15.0 Å². The second kappa shape index (κ2) is 6.25. The fourth-order valence-corrected chi connectivity index (χ4v) is 3.01. The van der Waals surface area contributed by atoms with E-state index in [1.165, 1.54) is 11.3 Å². The van der Waals surface area contributed by atoms with Gasteiger partial charge in [-0.15, -0.1) is 11.3 Å². The van der Waals surface area contributed by atoms with Gasteiger partial charge < -0.3 is 9.72 Å². The predicted molar refractivity (Wildman–Crippen MR) is 94.2 cm³/mol. The van der Waals surface area contributed by atoms with Crippen LogP contribution in [0.4, 0.5) is 0 Å². The second-order valence-electron chi connectivity index (χ2n) is 5.20. The molecule has 24 heavy (non-hydrogen) atoms. The Hall–Kier alpha value is -2.99. The summed E-state index contributed by atoms with van der Waals surface area (Å²) in [5, 5.41) is 2.51. The third-order valence-corrected chi connectivity index (χ3v) is 4.25. The summed E-state index contributed by atoms with van der Waals surface area (Å²) in [6.07, 6.45) is 0. The lowest BCUT2D eigenvalue weighted by molar-refractivity contribution is 0.303. The minimum Gasteiger partial charge on any atom is -0.486 e. The van der Waals surface area contributed by atoms with E-state index in [1.54, 1.807) is 11.6 Å². The molecule has 1 N–H and O–H groups in total. The van der Waals surface area contributed by atoms with Gasteiger partial charge in [0.2, 0.25) is 0 Å². The largest absolute Gasteiger partial charge is 0.486 e. The Balaban J connectivity index is 1.75. The summed E-state index contributed by atoms with van der Waals surface area (Å²) in [6.45, 7) is 0.373. The summed E-state index contributed by atoms with van der Waals surface area (Å²) in [7, 11) is 0. The number of nitrogens with one attached hydrogen (secondary N) is 1. The molecule has 0 saturated carbocycles. The highest BCUT2D eigenvalue weighted by Crippen LogP contribution is 2.28. The van der Waals surface area contributed by atoms with Crippen LogP contribution >= 0.6 is 11.3 Å². The monoisotopic (exact) mass is 335 g/mol. The molecule has 0 aliphatic carbocycles. The van der Waals surface area contributed by atoms with Crippen molar-refractivity contribution in [3.63, 3.8) is 0 Å². The molecule has 0 bridgehead atoms. The molecule has 0 atom stereocenters. The van der Waals surface area contributed by atoms with Gasteiger partial charge in [-0.1, -0.05) is 24.3 Å². The molecule has 0 unspecified atom stereocenters. The Morgan fingerprint density at radius 3 is 2.79 bits per heavy atom. The van der Waals surface area contributed by atoms with Gasteiger partial charge in [0, 0.05) is 5.38 Å². The first kappa shape index (κ1) is 14.6. The van der Waals surface area contributed by atoms with Crippen LogP contribution < -0.4 is 10.3 Å². The SMILES string of the molecule is O=c1[nH]c(-c2ccccc2OCc2cscn2)nc2ccccc12. The van der Waals surface area contributed by atoms with Gasteiger partial charge >= 0.3 is 0 Å². The van der Waals surface area contributed by atoms with E-state index in [-0.39, 0.29) is 5.56 Å². The maximum atomic E-state index is 12.3. The molecule has 5 nitrogen and oxygen atoms in total. The minimum atomic E-state index is -0.162. The van der Waals surface area contributed by atoms with Gasteiger partial charge in [-0.3, -0.25) is 4.79 Å². The molecule has 0 fully saturated rings. The van der Waals surface area contributed by atoms with E-state index >= 15 is 0 Å². The molecule has 6 heteroatoms. The van der Waals surface area contributed by atoms with Gasteiger partial charge in [-0.25, -0.2) is 9.97 Å². The first-order valence-electron chi connectivity index (χ1n) is 7.39. The summed E-state index contributed by atoms with van der Waals surface area (Å²) >= 11 is 1.53. The summed E-state index contributed by atoms with van der Waals surface area (Å²) in [5.41, 5.74) is 3.88. The zero-order valence-electron chi connectivity index (χ0n) is 12.6.